The fraction of sp³-hybridized carbons (Fsp3) is 0.154. The quantitative estimate of drug-likeness (QED) is 0.844. The van der Waals surface area contributed by atoms with Gasteiger partial charge in [-0.15, -0.1) is 0 Å². The van der Waals surface area contributed by atoms with Crippen molar-refractivity contribution in [1.82, 2.24) is 4.98 Å². The number of nitrogens with zero attached hydrogens (tertiary/aromatic N) is 1. The summed E-state index contributed by atoms with van der Waals surface area (Å²) in [6, 6.07) is 9.34. The zero-order valence-corrected chi connectivity index (χ0v) is 10.3. The first-order valence-corrected chi connectivity index (χ1v) is 5.97. The zero-order valence-electron chi connectivity index (χ0n) is 9.52. The van der Waals surface area contributed by atoms with Crippen LogP contribution in [0.1, 0.15) is 0 Å². The number of rotatable bonds is 2. The van der Waals surface area contributed by atoms with E-state index >= 15 is 0 Å². The summed E-state index contributed by atoms with van der Waals surface area (Å²) in [5, 5.41) is 3.69. The second-order valence-corrected chi connectivity index (χ2v) is 4.24. The Morgan fingerprint density at radius 3 is 2.61 bits per heavy atom. The second-order valence-electron chi connectivity index (χ2n) is 3.85. The molecule has 0 atom stereocenters. The first-order valence-electron chi connectivity index (χ1n) is 5.59. The maximum atomic E-state index is 5.83. The van der Waals surface area contributed by atoms with E-state index in [0.29, 0.717) is 18.4 Å². The maximum absolute atomic E-state index is 5.83. The molecule has 0 radical (unpaired) electrons. The highest BCUT2D eigenvalue weighted by molar-refractivity contribution is 6.29. The molecular weight excluding hydrogens is 252 g/mol. The van der Waals surface area contributed by atoms with Crippen LogP contribution in [0.3, 0.4) is 0 Å². The normalized spacial score (nSPS) is 13.2. The van der Waals surface area contributed by atoms with Crippen LogP contribution < -0.4 is 14.8 Å². The Labute approximate surface area is 110 Å². The van der Waals surface area contributed by atoms with Gasteiger partial charge in [-0.3, -0.25) is 0 Å². The molecule has 0 amide bonds. The summed E-state index contributed by atoms with van der Waals surface area (Å²) < 4.78 is 11.0. The molecule has 2 heterocycles. The first kappa shape index (κ1) is 11.2. The van der Waals surface area contributed by atoms with Crippen LogP contribution in [0.2, 0.25) is 5.15 Å². The molecule has 1 aliphatic heterocycles. The molecular formula is C13H11ClN2O2. The molecule has 0 saturated carbocycles. The van der Waals surface area contributed by atoms with E-state index in [9.17, 15) is 0 Å². The SMILES string of the molecule is Clc1cc(Nc2ccc3c(c2)OCCO3)ccn1. The van der Waals surface area contributed by atoms with Crippen molar-refractivity contribution in [3.8, 4) is 11.5 Å². The van der Waals surface area contributed by atoms with Crippen molar-refractivity contribution >= 4 is 23.0 Å². The molecule has 2 aromatic rings. The van der Waals surface area contributed by atoms with Gasteiger partial charge in [-0.1, -0.05) is 11.6 Å². The van der Waals surface area contributed by atoms with E-state index in [4.69, 9.17) is 21.1 Å². The van der Waals surface area contributed by atoms with Crippen molar-refractivity contribution in [3.63, 3.8) is 0 Å². The molecule has 92 valence electrons. The molecule has 18 heavy (non-hydrogen) atoms. The highest BCUT2D eigenvalue weighted by atomic mass is 35.5. The summed E-state index contributed by atoms with van der Waals surface area (Å²) in [4.78, 5) is 3.93. The monoisotopic (exact) mass is 262 g/mol. The summed E-state index contributed by atoms with van der Waals surface area (Å²) in [7, 11) is 0. The average Bonchev–Trinajstić information content (AvgIpc) is 2.39. The van der Waals surface area contributed by atoms with Crippen LogP contribution in [0.25, 0.3) is 0 Å². The zero-order chi connectivity index (χ0) is 12.4. The number of halogens is 1. The molecule has 1 aromatic heterocycles. The van der Waals surface area contributed by atoms with Crippen molar-refractivity contribution in [2.45, 2.75) is 0 Å². The van der Waals surface area contributed by atoms with Crippen LogP contribution in [-0.2, 0) is 0 Å². The minimum Gasteiger partial charge on any atom is -0.486 e. The van der Waals surface area contributed by atoms with Crippen molar-refractivity contribution < 1.29 is 9.47 Å². The Morgan fingerprint density at radius 2 is 1.78 bits per heavy atom. The molecule has 0 aliphatic carbocycles. The lowest BCUT2D eigenvalue weighted by atomic mass is 10.2. The minimum atomic E-state index is 0.456. The van der Waals surface area contributed by atoms with E-state index in [0.717, 1.165) is 22.9 Å². The summed E-state index contributed by atoms with van der Waals surface area (Å²) >= 11 is 5.83. The number of fused-ring (bicyclic) bond motifs is 1. The Bertz CT molecular complexity index is 575. The highest BCUT2D eigenvalue weighted by Gasteiger charge is 2.11. The lowest BCUT2D eigenvalue weighted by molar-refractivity contribution is 0.171. The summed E-state index contributed by atoms with van der Waals surface area (Å²) in [5.41, 5.74) is 1.80. The van der Waals surface area contributed by atoms with Gasteiger partial charge in [0, 0.05) is 23.6 Å². The molecule has 3 rings (SSSR count). The van der Waals surface area contributed by atoms with Crippen LogP contribution in [0, 0.1) is 0 Å². The number of anilines is 2. The Kier molecular flexibility index (Phi) is 2.94. The Morgan fingerprint density at radius 1 is 1.00 bits per heavy atom. The van der Waals surface area contributed by atoms with Gasteiger partial charge in [0.1, 0.15) is 18.4 Å². The van der Waals surface area contributed by atoms with E-state index < -0.39 is 0 Å². The van der Waals surface area contributed by atoms with Crippen LogP contribution in [-0.4, -0.2) is 18.2 Å². The lowest BCUT2D eigenvalue weighted by Crippen LogP contribution is -2.15. The number of ether oxygens (including phenoxy) is 2. The van der Waals surface area contributed by atoms with E-state index in [1.54, 1.807) is 12.3 Å². The van der Waals surface area contributed by atoms with E-state index in [1.807, 2.05) is 24.3 Å². The third kappa shape index (κ3) is 2.33. The highest BCUT2D eigenvalue weighted by Crippen LogP contribution is 2.33. The molecule has 4 nitrogen and oxygen atoms in total. The molecule has 1 N–H and O–H groups in total. The fourth-order valence-corrected chi connectivity index (χ4v) is 1.94. The van der Waals surface area contributed by atoms with E-state index in [2.05, 4.69) is 10.3 Å². The van der Waals surface area contributed by atoms with Gasteiger partial charge >= 0.3 is 0 Å². The molecule has 5 heteroatoms. The number of aromatic nitrogens is 1. The largest absolute Gasteiger partial charge is 0.486 e. The van der Waals surface area contributed by atoms with Gasteiger partial charge in [0.15, 0.2) is 11.5 Å². The first-order chi connectivity index (χ1) is 8.81. The predicted octanol–water partition coefficient (Wildman–Crippen LogP) is 3.25. The van der Waals surface area contributed by atoms with Crippen molar-refractivity contribution in [1.29, 1.82) is 0 Å². The minimum absolute atomic E-state index is 0.456. The lowest BCUT2D eigenvalue weighted by Gasteiger charge is -2.19. The van der Waals surface area contributed by atoms with Crippen molar-refractivity contribution in [2.75, 3.05) is 18.5 Å². The molecule has 0 bridgehead atoms. The second kappa shape index (κ2) is 4.74. The standard InChI is InChI=1S/C13H11ClN2O2/c14-13-8-10(3-4-15-13)16-9-1-2-11-12(7-9)18-6-5-17-11/h1-4,7-8H,5-6H2,(H,15,16). The Balaban J connectivity index is 1.85. The van der Waals surface area contributed by atoms with Crippen LogP contribution in [0.15, 0.2) is 36.5 Å². The van der Waals surface area contributed by atoms with Crippen LogP contribution >= 0.6 is 11.6 Å². The fourth-order valence-electron chi connectivity index (χ4n) is 1.77. The molecule has 0 unspecified atom stereocenters. The smallest absolute Gasteiger partial charge is 0.163 e. The maximum Gasteiger partial charge on any atom is 0.163 e. The molecule has 0 fully saturated rings. The van der Waals surface area contributed by atoms with Crippen molar-refractivity contribution in [2.24, 2.45) is 0 Å². The van der Waals surface area contributed by atoms with Gasteiger partial charge in [-0.05, 0) is 24.3 Å². The topological polar surface area (TPSA) is 43.4 Å². The summed E-state index contributed by atoms with van der Waals surface area (Å²) in [6.45, 7) is 1.18. The van der Waals surface area contributed by atoms with E-state index in [-0.39, 0.29) is 0 Å². The van der Waals surface area contributed by atoms with Crippen LogP contribution in [0.5, 0.6) is 11.5 Å². The summed E-state index contributed by atoms with van der Waals surface area (Å²) in [6.07, 6.45) is 1.66. The summed E-state index contributed by atoms with van der Waals surface area (Å²) in [5.74, 6) is 1.53. The van der Waals surface area contributed by atoms with Gasteiger partial charge in [0.05, 0.1) is 0 Å². The number of nitrogens with one attached hydrogen (secondary N) is 1. The third-order valence-electron chi connectivity index (χ3n) is 2.56. The number of benzene rings is 1. The average molecular weight is 263 g/mol. The molecule has 1 aromatic carbocycles. The number of hydrogen-bond acceptors (Lipinski definition) is 4. The molecule has 0 saturated heterocycles. The molecule has 1 aliphatic rings. The van der Waals surface area contributed by atoms with Gasteiger partial charge in [-0.25, -0.2) is 4.98 Å². The van der Waals surface area contributed by atoms with Gasteiger partial charge in [0.25, 0.3) is 0 Å². The third-order valence-corrected chi connectivity index (χ3v) is 2.76. The van der Waals surface area contributed by atoms with Gasteiger partial charge in [0.2, 0.25) is 0 Å². The number of pyridine rings is 1. The van der Waals surface area contributed by atoms with Gasteiger partial charge in [-0.2, -0.15) is 0 Å². The van der Waals surface area contributed by atoms with Crippen LogP contribution in [0.4, 0.5) is 11.4 Å². The van der Waals surface area contributed by atoms with Crippen molar-refractivity contribution in [3.05, 3.63) is 41.7 Å². The van der Waals surface area contributed by atoms with E-state index in [1.165, 1.54) is 0 Å². The molecule has 0 spiro atoms. The number of hydrogen-bond donors (Lipinski definition) is 1. The predicted molar refractivity (Wildman–Crippen MR) is 70.0 cm³/mol. The van der Waals surface area contributed by atoms with Gasteiger partial charge < -0.3 is 14.8 Å². The Hall–Kier alpha value is -1.94.